The van der Waals surface area contributed by atoms with Gasteiger partial charge in [0.05, 0.1) is 0 Å². The molecule has 2 N–H and O–H groups in total. The van der Waals surface area contributed by atoms with Gasteiger partial charge < -0.3 is 19.4 Å². The van der Waals surface area contributed by atoms with Gasteiger partial charge in [-0.3, -0.25) is 9.78 Å². The Morgan fingerprint density at radius 1 is 1.10 bits per heavy atom. The van der Waals surface area contributed by atoms with E-state index < -0.39 is 23.5 Å². The number of anilines is 1. The molecule has 0 bridgehead atoms. The third kappa shape index (κ3) is 5.90. The number of hydrogen-bond acceptors (Lipinski definition) is 8. The molecule has 1 unspecified atom stereocenters. The smallest absolute Gasteiger partial charge is 0.434 e. The lowest BCUT2D eigenvalue weighted by atomic mass is 9.97. The Morgan fingerprint density at radius 2 is 1.85 bits per heavy atom. The summed E-state index contributed by atoms with van der Waals surface area (Å²) in [4.78, 5) is 44.2. The number of alkyl carbamates (subject to hydrolysis) is 1. The molecule has 0 radical (unpaired) electrons. The highest BCUT2D eigenvalue weighted by molar-refractivity contribution is 6.02. The van der Waals surface area contributed by atoms with Crippen molar-refractivity contribution >= 4 is 17.6 Å². The lowest BCUT2D eigenvalue weighted by Gasteiger charge is -2.28. The van der Waals surface area contributed by atoms with Crippen LogP contribution in [0.25, 0.3) is 22.6 Å². The molecule has 1 aliphatic heterocycles. The third-order valence-corrected chi connectivity index (χ3v) is 6.35. The van der Waals surface area contributed by atoms with E-state index in [1.807, 2.05) is 30.3 Å². The number of ether oxygens (including phenoxy) is 1. The highest BCUT2D eigenvalue weighted by atomic mass is 16.6. The van der Waals surface area contributed by atoms with E-state index in [0.717, 1.165) is 22.4 Å². The van der Waals surface area contributed by atoms with Crippen LogP contribution in [0.4, 0.5) is 10.5 Å². The summed E-state index contributed by atoms with van der Waals surface area (Å²) in [6.07, 6.45) is 3.37. The number of H-pyrrole nitrogens is 1. The number of pyridine rings is 1. The first kappa shape index (κ1) is 25.9. The molecule has 2 aromatic heterocycles. The average Bonchev–Trinajstić information content (AvgIpc) is 3.53. The van der Waals surface area contributed by atoms with Crippen LogP contribution in [-0.4, -0.2) is 51.8 Å². The van der Waals surface area contributed by atoms with Crippen molar-refractivity contribution in [2.24, 2.45) is 0 Å². The van der Waals surface area contributed by atoms with Crippen molar-refractivity contribution in [3.8, 4) is 22.6 Å². The van der Waals surface area contributed by atoms with Gasteiger partial charge in [0.15, 0.2) is 5.78 Å². The van der Waals surface area contributed by atoms with Gasteiger partial charge in [0.2, 0.25) is 5.89 Å². The highest BCUT2D eigenvalue weighted by Gasteiger charge is 2.32. The molecular formula is C29H29N5O5. The molecule has 1 aliphatic rings. The maximum Gasteiger partial charge on any atom is 0.434 e. The first-order valence-electron chi connectivity index (χ1n) is 12.6. The summed E-state index contributed by atoms with van der Waals surface area (Å²) in [5.41, 5.74) is 4.05. The molecule has 0 saturated heterocycles. The van der Waals surface area contributed by atoms with Crippen LogP contribution in [0.5, 0.6) is 0 Å². The molecule has 3 heterocycles. The molecule has 39 heavy (non-hydrogen) atoms. The fraction of sp³-hybridized carbons (Fsp3) is 0.276. The predicted octanol–water partition coefficient (Wildman–Crippen LogP) is 4.23. The Hall–Kier alpha value is -4.73. The van der Waals surface area contributed by atoms with Crippen molar-refractivity contribution < 1.29 is 18.7 Å². The fourth-order valence-electron chi connectivity index (χ4n) is 4.67. The summed E-state index contributed by atoms with van der Waals surface area (Å²) in [5.74, 6) is -0.672. The minimum Gasteiger partial charge on any atom is -0.444 e. The van der Waals surface area contributed by atoms with Crippen LogP contribution < -0.4 is 16.0 Å². The molecule has 5 rings (SSSR count). The van der Waals surface area contributed by atoms with Crippen LogP contribution in [0.15, 0.2) is 76.2 Å². The van der Waals surface area contributed by atoms with Crippen molar-refractivity contribution in [2.75, 3.05) is 18.0 Å². The largest absolute Gasteiger partial charge is 0.444 e. The van der Waals surface area contributed by atoms with Gasteiger partial charge in [0.25, 0.3) is 0 Å². The Kier molecular flexibility index (Phi) is 7.02. The molecule has 2 aromatic carbocycles. The van der Waals surface area contributed by atoms with E-state index in [0.29, 0.717) is 24.1 Å². The van der Waals surface area contributed by atoms with Gasteiger partial charge in [-0.25, -0.2) is 14.7 Å². The molecule has 10 heteroatoms. The van der Waals surface area contributed by atoms with Gasteiger partial charge in [-0.2, -0.15) is 0 Å². The zero-order chi connectivity index (χ0) is 27.6. The molecule has 0 saturated carbocycles. The number of fused-ring (bicyclic) bond motifs is 1. The number of rotatable bonds is 7. The van der Waals surface area contributed by atoms with E-state index in [2.05, 4.69) is 25.4 Å². The van der Waals surface area contributed by atoms with E-state index in [4.69, 9.17) is 9.15 Å². The second-order valence-corrected chi connectivity index (χ2v) is 10.3. The third-order valence-electron chi connectivity index (χ3n) is 6.35. The van der Waals surface area contributed by atoms with E-state index in [9.17, 15) is 14.4 Å². The number of ketones is 1. The van der Waals surface area contributed by atoms with Gasteiger partial charge in [-0.05, 0) is 68.1 Å². The fourth-order valence-corrected chi connectivity index (χ4v) is 4.67. The lowest BCUT2D eigenvalue weighted by Crippen LogP contribution is -2.49. The molecule has 200 valence electrons. The topological polar surface area (TPSA) is 130 Å². The SMILES string of the molecule is CC(C)(C)OC(=O)NC(CN1CCc2c(-c3n[nH]c(=O)o3)cc(-c3ccncc3)cc21)C(=O)c1ccccc1. The Balaban J connectivity index is 1.53. The van der Waals surface area contributed by atoms with Gasteiger partial charge >= 0.3 is 11.8 Å². The van der Waals surface area contributed by atoms with E-state index in [1.165, 1.54) is 0 Å². The zero-order valence-corrected chi connectivity index (χ0v) is 21.9. The number of aromatic nitrogens is 3. The number of carbonyl (C=O) groups is 2. The molecule has 10 nitrogen and oxygen atoms in total. The van der Waals surface area contributed by atoms with Crippen LogP contribution in [-0.2, 0) is 11.2 Å². The van der Waals surface area contributed by atoms with Crippen molar-refractivity contribution in [2.45, 2.75) is 38.8 Å². The van der Waals surface area contributed by atoms with Crippen LogP contribution >= 0.6 is 0 Å². The molecule has 0 spiro atoms. The molecule has 0 fully saturated rings. The normalized spacial score (nSPS) is 13.6. The minimum atomic E-state index is -0.871. The first-order valence-corrected chi connectivity index (χ1v) is 12.6. The number of carbonyl (C=O) groups excluding carboxylic acids is 2. The molecule has 1 amide bonds. The predicted molar refractivity (Wildman–Crippen MR) is 146 cm³/mol. The molecule has 1 atom stereocenters. The highest BCUT2D eigenvalue weighted by Crippen LogP contribution is 2.39. The number of nitrogens with zero attached hydrogens (tertiary/aromatic N) is 3. The number of Topliss-reactive ketones (excluding diaryl/α,β-unsaturated/α-hetero) is 1. The van der Waals surface area contributed by atoms with Crippen LogP contribution in [0.2, 0.25) is 0 Å². The number of amides is 1. The Morgan fingerprint density at radius 3 is 2.51 bits per heavy atom. The maximum absolute atomic E-state index is 13.6. The molecule has 4 aromatic rings. The van der Waals surface area contributed by atoms with E-state index >= 15 is 0 Å². The summed E-state index contributed by atoms with van der Waals surface area (Å²) in [6, 6.07) is 15.7. The van der Waals surface area contributed by atoms with Gasteiger partial charge in [-0.1, -0.05) is 30.3 Å². The quantitative estimate of drug-likeness (QED) is 0.342. The van der Waals surface area contributed by atoms with Gasteiger partial charge in [-0.15, -0.1) is 5.10 Å². The Labute approximate surface area is 225 Å². The number of benzene rings is 2. The second kappa shape index (κ2) is 10.6. The number of hydrogen-bond donors (Lipinski definition) is 2. The van der Waals surface area contributed by atoms with Crippen LogP contribution in [0.1, 0.15) is 36.7 Å². The molecule has 0 aliphatic carbocycles. The monoisotopic (exact) mass is 527 g/mol. The van der Waals surface area contributed by atoms with Gasteiger partial charge in [0, 0.05) is 42.3 Å². The average molecular weight is 528 g/mol. The second-order valence-electron chi connectivity index (χ2n) is 10.3. The van der Waals surface area contributed by atoms with Crippen LogP contribution in [0, 0.1) is 0 Å². The van der Waals surface area contributed by atoms with Crippen molar-refractivity contribution in [3.63, 3.8) is 0 Å². The summed E-state index contributed by atoms with van der Waals surface area (Å²) in [7, 11) is 0. The van der Waals surface area contributed by atoms with Crippen molar-refractivity contribution in [1.82, 2.24) is 20.5 Å². The maximum atomic E-state index is 13.6. The summed E-state index contributed by atoms with van der Waals surface area (Å²) in [6.45, 7) is 6.11. The summed E-state index contributed by atoms with van der Waals surface area (Å²) < 4.78 is 10.8. The lowest BCUT2D eigenvalue weighted by molar-refractivity contribution is 0.0493. The van der Waals surface area contributed by atoms with Crippen LogP contribution in [0.3, 0.4) is 0 Å². The zero-order valence-electron chi connectivity index (χ0n) is 21.9. The first-order chi connectivity index (χ1) is 18.7. The number of nitrogens with one attached hydrogen (secondary N) is 2. The molecular weight excluding hydrogens is 498 g/mol. The van der Waals surface area contributed by atoms with E-state index in [-0.39, 0.29) is 18.2 Å². The number of aromatic amines is 1. The standard InChI is InChI=1S/C29H29N5O5/c1-29(2,3)39-27(36)31-23(25(35)19-7-5-4-6-8-19)17-34-14-11-21-22(26-32-33-28(37)38-26)15-20(16-24(21)34)18-9-12-30-13-10-18/h4-10,12-13,15-16,23H,11,14,17H2,1-3H3,(H,31,36)(H,33,37). The Bertz CT molecular complexity index is 1540. The van der Waals surface area contributed by atoms with E-state index in [1.54, 1.807) is 57.4 Å². The summed E-state index contributed by atoms with van der Waals surface area (Å²) >= 11 is 0. The van der Waals surface area contributed by atoms with Gasteiger partial charge in [0.1, 0.15) is 11.6 Å². The van der Waals surface area contributed by atoms with Crippen molar-refractivity contribution in [1.29, 1.82) is 0 Å². The summed E-state index contributed by atoms with van der Waals surface area (Å²) in [5, 5.41) is 9.18. The minimum absolute atomic E-state index is 0.192. The van der Waals surface area contributed by atoms with Crippen molar-refractivity contribution in [3.05, 3.63) is 88.7 Å².